The van der Waals surface area contributed by atoms with Crippen LogP contribution in [-0.2, 0) is 4.79 Å². The first-order valence-electron chi connectivity index (χ1n) is 14.1. The van der Waals surface area contributed by atoms with Crippen LogP contribution in [-0.4, -0.2) is 73.1 Å². The minimum Gasteiger partial charge on any atom is -0.384 e. The zero-order valence-electron chi connectivity index (χ0n) is 24.4. The molecule has 0 saturated carbocycles. The monoisotopic (exact) mass is 596 g/mol. The second kappa shape index (κ2) is 12.1. The lowest BCUT2D eigenvalue weighted by Crippen LogP contribution is -2.20. The second-order valence-corrected chi connectivity index (χ2v) is 10.6. The van der Waals surface area contributed by atoms with Crippen molar-refractivity contribution in [2.45, 2.75) is 19.8 Å². The maximum Gasteiger partial charge on any atom is 0.224 e. The summed E-state index contributed by atoms with van der Waals surface area (Å²) in [6, 6.07) is 8.17. The van der Waals surface area contributed by atoms with Crippen molar-refractivity contribution in [1.29, 1.82) is 0 Å². The van der Waals surface area contributed by atoms with Gasteiger partial charge in [-0.15, -0.1) is 0 Å². The first kappa shape index (κ1) is 28.8. The Morgan fingerprint density at radius 2 is 1.82 bits per heavy atom. The van der Waals surface area contributed by atoms with E-state index in [2.05, 4.69) is 45.8 Å². The lowest BCUT2D eigenvalue weighted by Gasteiger charge is -2.13. The van der Waals surface area contributed by atoms with Crippen molar-refractivity contribution in [2.24, 2.45) is 0 Å². The lowest BCUT2D eigenvalue weighted by atomic mass is 10.0. The smallest absolute Gasteiger partial charge is 0.224 e. The van der Waals surface area contributed by atoms with Gasteiger partial charge in [0, 0.05) is 60.5 Å². The molecule has 0 aliphatic heterocycles. The number of carbonyl (C=O) groups is 1. The summed E-state index contributed by atoms with van der Waals surface area (Å²) >= 11 is 0. The SMILES string of the molecule is CCCC(=O)Nc1cncc(-c2cnc3n[nH]c(-c4nc5nccc(-c6cc(F)cc(NCCN(C)C)c6)c5[nH]4)c3c2F)c1. The number of carbonyl (C=O) groups excluding carboxylic acids is 1. The number of hydrogen-bond acceptors (Lipinski definition) is 8. The Bertz CT molecular complexity index is 1980. The van der Waals surface area contributed by atoms with E-state index in [0.717, 1.165) is 6.54 Å². The number of nitrogens with one attached hydrogen (secondary N) is 4. The lowest BCUT2D eigenvalue weighted by molar-refractivity contribution is -0.116. The van der Waals surface area contributed by atoms with Crippen LogP contribution < -0.4 is 10.6 Å². The van der Waals surface area contributed by atoms with Crippen LogP contribution in [0.1, 0.15) is 19.8 Å². The molecule has 5 aromatic heterocycles. The van der Waals surface area contributed by atoms with Crippen LogP contribution in [0.25, 0.3) is 56.0 Å². The minimum absolute atomic E-state index is 0.127. The summed E-state index contributed by atoms with van der Waals surface area (Å²) in [6.45, 7) is 3.35. The van der Waals surface area contributed by atoms with Crippen LogP contribution in [0, 0.1) is 11.6 Å². The number of anilines is 2. The van der Waals surface area contributed by atoms with Gasteiger partial charge >= 0.3 is 0 Å². The fraction of sp³-hybridized carbons (Fsp3) is 0.226. The Morgan fingerprint density at radius 1 is 0.977 bits per heavy atom. The quantitative estimate of drug-likeness (QED) is 0.160. The number of amides is 1. The normalized spacial score (nSPS) is 11.5. The number of aromatic amines is 2. The molecule has 224 valence electrons. The molecule has 4 N–H and O–H groups in total. The van der Waals surface area contributed by atoms with E-state index in [1.165, 1.54) is 30.7 Å². The van der Waals surface area contributed by atoms with E-state index >= 15 is 4.39 Å². The summed E-state index contributed by atoms with van der Waals surface area (Å²) in [4.78, 5) is 34.9. The van der Waals surface area contributed by atoms with Gasteiger partial charge < -0.3 is 20.5 Å². The van der Waals surface area contributed by atoms with Gasteiger partial charge in [0.15, 0.2) is 17.1 Å². The molecule has 0 spiro atoms. The number of nitrogens with zero attached hydrogens (tertiary/aromatic N) is 6. The number of aromatic nitrogens is 7. The number of fused-ring (bicyclic) bond motifs is 2. The van der Waals surface area contributed by atoms with Gasteiger partial charge in [-0.1, -0.05) is 6.92 Å². The van der Waals surface area contributed by atoms with E-state index in [0.29, 0.717) is 64.4 Å². The Kier molecular flexibility index (Phi) is 7.94. The van der Waals surface area contributed by atoms with Crippen molar-refractivity contribution in [3.63, 3.8) is 0 Å². The van der Waals surface area contributed by atoms with E-state index < -0.39 is 5.82 Å². The van der Waals surface area contributed by atoms with Crippen molar-refractivity contribution in [3.8, 4) is 33.8 Å². The predicted octanol–water partition coefficient (Wildman–Crippen LogP) is 5.62. The summed E-state index contributed by atoms with van der Waals surface area (Å²) in [5.74, 6) is -0.821. The highest BCUT2D eigenvalue weighted by Crippen LogP contribution is 2.35. The number of halogens is 2. The second-order valence-electron chi connectivity index (χ2n) is 10.6. The van der Waals surface area contributed by atoms with E-state index in [-0.39, 0.29) is 34.0 Å². The first-order chi connectivity index (χ1) is 21.3. The number of rotatable bonds is 10. The van der Waals surface area contributed by atoms with Crippen molar-refractivity contribution in [1.82, 2.24) is 40.0 Å². The number of pyridine rings is 3. The van der Waals surface area contributed by atoms with Gasteiger partial charge in [-0.25, -0.2) is 23.7 Å². The molecule has 13 heteroatoms. The fourth-order valence-corrected chi connectivity index (χ4v) is 4.97. The molecule has 6 rings (SSSR count). The summed E-state index contributed by atoms with van der Waals surface area (Å²) in [7, 11) is 3.94. The minimum atomic E-state index is -0.579. The molecule has 11 nitrogen and oxygen atoms in total. The van der Waals surface area contributed by atoms with Gasteiger partial charge in [0.25, 0.3) is 0 Å². The molecule has 0 saturated heterocycles. The van der Waals surface area contributed by atoms with Gasteiger partial charge in [0.05, 0.1) is 22.8 Å². The topological polar surface area (TPSA) is 140 Å². The molecular formula is C31H30F2N10O. The Morgan fingerprint density at radius 3 is 2.64 bits per heavy atom. The number of likely N-dealkylation sites (N-methyl/N-ethyl adjacent to an activating group) is 1. The molecule has 0 unspecified atom stereocenters. The van der Waals surface area contributed by atoms with Crippen molar-refractivity contribution >= 4 is 39.5 Å². The molecule has 0 atom stereocenters. The summed E-state index contributed by atoms with van der Waals surface area (Å²) in [6.07, 6.45) is 7.05. The zero-order chi connectivity index (χ0) is 30.8. The first-order valence-corrected chi connectivity index (χ1v) is 14.1. The maximum absolute atomic E-state index is 16.2. The van der Waals surface area contributed by atoms with Crippen molar-refractivity contribution < 1.29 is 13.6 Å². The average molecular weight is 597 g/mol. The van der Waals surface area contributed by atoms with Crippen LogP contribution in [0.15, 0.2) is 55.1 Å². The molecule has 0 aliphatic rings. The fourth-order valence-electron chi connectivity index (χ4n) is 4.97. The highest BCUT2D eigenvalue weighted by atomic mass is 19.1. The zero-order valence-corrected chi connectivity index (χ0v) is 24.4. The molecule has 1 aromatic carbocycles. The average Bonchev–Trinajstić information content (AvgIpc) is 3.62. The molecule has 0 radical (unpaired) electrons. The van der Waals surface area contributed by atoms with Gasteiger partial charge in [-0.3, -0.25) is 14.9 Å². The van der Waals surface area contributed by atoms with Crippen LogP contribution >= 0.6 is 0 Å². The van der Waals surface area contributed by atoms with Crippen LogP contribution in [0.4, 0.5) is 20.2 Å². The highest BCUT2D eigenvalue weighted by Gasteiger charge is 2.22. The molecular weight excluding hydrogens is 566 g/mol. The molecule has 44 heavy (non-hydrogen) atoms. The Hall–Kier alpha value is -5.30. The number of imidazole rings is 1. The number of benzene rings is 1. The summed E-state index contributed by atoms with van der Waals surface area (Å²) in [5.41, 5.74) is 4.40. The summed E-state index contributed by atoms with van der Waals surface area (Å²) < 4.78 is 30.8. The molecule has 0 aliphatic carbocycles. The number of hydrogen-bond donors (Lipinski definition) is 4. The van der Waals surface area contributed by atoms with Crippen LogP contribution in [0.5, 0.6) is 0 Å². The van der Waals surface area contributed by atoms with E-state index in [1.54, 1.807) is 18.3 Å². The standard InChI is InChI=1S/C31H30F2N10O/c1-4-5-24(44)38-21-12-18(14-34-15-21)23-16-37-29-25(26(23)33)28(41-42-29)31-39-27-22(6-7-36-30(27)40-31)17-10-19(32)13-20(11-17)35-8-9-43(2)3/h6-7,10-16,35H,4-5,8-9H2,1-3H3,(H,38,44)(H,36,39,40)(H,37,41,42). The Balaban J connectivity index is 1.38. The maximum atomic E-state index is 16.2. The van der Waals surface area contributed by atoms with Gasteiger partial charge in [-0.05, 0) is 56.4 Å². The largest absolute Gasteiger partial charge is 0.384 e. The predicted molar refractivity (Wildman–Crippen MR) is 166 cm³/mol. The van der Waals surface area contributed by atoms with E-state index in [4.69, 9.17) is 0 Å². The third-order valence-electron chi connectivity index (χ3n) is 7.05. The van der Waals surface area contributed by atoms with Gasteiger partial charge in [0.1, 0.15) is 17.3 Å². The van der Waals surface area contributed by atoms with E-state index in [9.17, 15) is 9.18 Å². The Labute approximate surface area is 251 Å². The van der Waals surface area contributed by atoms with Crippen molar-refractivity contribution in [3.05, 3.63) is 66.8 Å². The molecule has 5 heterocycles. The molecule has 0 bridgehead atoms. The van der Waals surface area contributed by atoms with Gasteiger partial charge in [0.2, 0.25) is 5.91 Å². The highest BCUT2D eigenvalue weighted by molar-refractivity contribution is 5.97. The van der Waals surface area contributed by atoms with Crippen LogP contribution in [0.2, 0.25) is 0 Å². The molecule has 1 amide bonds. The summed E-state index contributed by atoms with van der Waals surface area (Å²) in [5, 5.41) is 13.2. The number of H-pyrrole nitrogens is 2. The third kappa shape index (κ3) is 5.81. The van der Waals surface area contributed by atoms with Crippen LogP contribution in [0.3, 0.4) is 0 Å². The molecule has 0 fully saturated rings. The molecule has 6 aromatic rings. The van der Waals surface area contributed by atoms with Gasteiger partial charge in [-0.2, -0.15) is 5.10 Å². The third-order valence-corrected chi connectivity index (χ3v) is 7.05. The van der Waals surface area contributed by atoms with Crippen molar-refractivity contribution in [2.75, 3.05) is 37.8 Å². The van der Waals surface area contributed by atoms with E-state index in [1.807, 2.05) is 32.0 Å².